The van der Waals surface area contributed by atoms with E-state index in [4.69, 9.17) is 5.11 Å². The molecular formula is C12H22N2O2S. The molecule has 0 aliphatic carbocycles. The second kappa shape index (κ2) is 6.91. The van der Waals surface area contributed by atoms with Gasteiger partial charge in [0.15, 0.2) is 0 Å². The maximum atomic E-state index is 11.9. The third kappa shape index (κ3) is 4.60. The van der Waals surface area contributed by atoms with Crippen molar-refractivity contribution in [2.24, 2.45) is 0 Å². The van der Waals surface area contributed by atoms with Crippen LogP contribution in [0.25, 0.3) is 0 Å². The Morgan fingerprint density at radius 1 is 1.71 bits per heavy atom. The summed E-state index contributed by atoms with van der Waals surface area (Å²) in [4.78, 5) is 13.4. The van der Waals surface area contributed by atoms with Gasteiger partial charge >= 0.3 is 6.03 Å². The van der Waals surface area contributed by atoms with Crippen molar-refractivity contribution >= 4 is 17.8 Å². The second-order valence-electron chi connectivity index (χ2n) is 4.52. The number of aliphatic hydroxyl groups is 1. The van der Waals surface area contributed by atoms with Gasteiger partial charge in [-0.15, -0.1) is 6.58 Å². The molecule has 1 heterocycles. The van der Waals surface area contributed by atoms with Crippen LogP contribution in [-0.4, -0.2) is 52.8 Å². The van der Waals surface area contributed by atoms with Crippen LogP contribution in [0.2, 0.25) is 0 Å². The fourth-order valence-electron chi connectivity index (χ4n) is 1.90. The number of nitrogens with one attached hydrogen (secondary N) is 1. The van der Waals surface area contributed by atoms with Crippen LogP contribution in [-0.2, 0) is 0 Å². The molecule has 1 fully saturated rings. The average molecular weight is 258 g/mol. The highest BCUT2D eigenvalue weighted by Gasteiger charge is 2.30. The minimum Gasteiger partial charge on any atom is -0.395 e. The van der Waals surface area contributed by atoms with E-state index in [0.29, 0.717) is 19.6 Å². The molecule has 1 saturated heterocycles. The van der Waals surface area contributed by atoms with E-state index in [1.807, 2.05) is 11.8 Å². The van der Waals surface area contributed by atoms with Gasteiger partial charge in [0.1, 0.15) is 0 Å². The Kier molecular flexibility index (Phi) is 5.85. The van der Waals surface area contributed by atoms with E-state index in [9.17, 15) is 4.79 Å². The summed E-state index contributed by atoms with van der Waals surface area (Å²) >= 11 is 1.92. The summed E-state index contributed by atoms with van der Waals surface area (Å²) in [7, 11) is 0. The van der Waals surface area contributed by atoms with E-state index >= 15 is 0 Å². The maximum absolute atomic E-state index is 11.9. The molecule has 0 bridgehead atoms. The molecule has 1 unspecified atom stereocenters. The Bertz CT molecular complexity index is 265. The zero-order chi connectivity index (χ0) is 12.7. The summed E-state index contributed by atoms with van der Waals surface area (Å²) in [5.74, 6) is 1.18. The number of thioether (sulfide) groups is 1. The van der Waals surface area contributed by atoms with Crippen molar-refractivity contribution in [2.75, 3.05) is 32.0 Å². The molecular weight excluding hydrogens is 236 g/mol. The van der Waals surface area contributed by atoms with Gasteiger partial charge in [-0.2, -0.15) is 11.8 Å². The van der Waals surface area contributed by atoms with Gasteiger partial charge in [-0.25, -0.2) is 4.79 Å². The number of nitrogens with zero attached hydrogens (tertiary/aromatic N) is 1. The first-order valence-corrected chi connectivity index (χ1v) is 6.98. The van der Waals surface area contributed by atoms with Crippen LogP contribution < -0.4 is 5.32 Å². The third-order valence-corrected chi connectivity index (χ3v) is 4.46. The van der Waals surface area contributed by atoms with Crippen molar-refractivity contribution in [3.8, 4) is 0 Å². The Hall–Kier alpha value is -0.680. The fraction of sp³-hybridized carbons (Fsp3) is 0.750. The van der Waals surface area contributed by atoms with Gasteiger partial charge < -0.3 is 15.3 Å². The molecule has 0 aromatic rings. The van der Waals surface area contributed by atoms with E-state index in [0.717, 1.165) is 6.42 Å². The van der Waals surface area contributed by atoms with Crippen LogP contribution in [0.5, 0.6) is 0 Å². The minimum atomic E-state index is -0.118. The second-order valence-corrected chi connectivity index (χ2v) is 6.20. The molecule has 5 heteroatoms. The van der Waals surface area contributed by atoms with Crippen molar-refractivity contribution in [2.45, 2.75) is 24.5 Å². The van der Waals surface area contributed by atoms with E-state index in [1.54, 1.807) is 11.0 Å². The lowest BCUT2D eigenvalue weighted by Gasteiger charge is -2.26. The number of carbonyl (C=O) groups is 1. The zero-order valence-corrected chi connectivity index (χ0v) is 11.3. The van der Waals surface area contributed by atoms with Crippen LogP contribution in [0.4, 0.5) is 4.79 Å². The number of aliphatic hydroxyl groups excluding tert-OH is 1. The first kappa shape index (κ1) is 14.4. The summed E-state index contributed by atoms with van der Waals surface area (Å²) in [6.45, 7) is 7.29. The molecule has 1 rings (SSSR count). The molecule has 0 saturated carbocycles. The van der Waals surface area contributed by atoms with E-state index < -0.39 is 0 Å². The number of carbonyl (C=O) groups excluding carboxylic acids is 1. The van der Waals surface area contributed by atoms with Gasteiger partial charge in [0.05, 0.1) is 6.61 Å². The van der Waals surface area contributed by atoms with Crippen LogP contribution >= 0.6 is 11.8 Å². The molecule has 2 amide bonds. The number of amides is 2. The molecule has 1 aliphatic heterocycles. The molecule has 4 nitrogen and oxygen atoms in total. The molecule has 98 valence electrons. The number of urea groups is 1. The van der Waals surface area contributed by atoms with Crippen molar-refractivity contribution in [3.63, 3.8) is 0 Å². The van der Waals surface area contributed by atoms with Crippen molar-refractivity contribution < 1.29 is 9.90 Å². The number of hydrogen-bond donors (Lipinski definition) is 2. The van der Waals surface area contributed by atoms with E-state index in [1.165, 1.54) is 12.2 Å². The standard InChI is InChI=1S/C12H22N2O2S/c1-3-6-14(7-8-15)11(16)13-10-12(2)5-4-9-17-12/h3,15H,1,4-10H2,2H3,(H,13,16). The molecule has 1 aliphatic rings. The molecule has 17 heavy (non-hydrogen) atoms. The van der Waals surface area contributed by atoms with Crippen molar-refractivity contribution in [1.82, 2.24) is 10.2 Å². The van der Waals surface area contributed by atoms with Gasteiger partial charge in [0.25, 0.3) is 0 Å². The van der Waals surface area contributed by atoms with E-state index in [2.05, 4.69) is 18.8 Å². The zero-order valence-electron chi connectivity index (χ0n) is 10.4. The van der Waals surface area contributed by atoms with E-state index in [-0.39, 0.29) is 17.4 Å². The highest BCUT2D eigenvalue weighted by atomic mass is 32.2. The van der Waals surface area contributed by atoms with Crippen molar-refractivity contribution in [1.29, 1.82) is 0 Å². The van der Waals surface area contributed by atoms with Crippen LogP contribution in [0.1, 0.15) is 19.8 Å². The maximum Gasteiger partial charge on any atom is 0.317 e. The van der Waals surface area contributed by atoms with Crippen molar-refractivity contribution in [3.05, 3.63) is 12.7 Å². The third-order valence-electron chi connectivity index (χ3n) is 2.92. The summed E-state index contributed by atoms with van der Waals surface area (Å²) in [6, 6.07) is -0.118. The number of rotatable bonds is 6. The molecule has 2 N–H and O–H groups in total. The first-order chi connectivity index (χ1) is 8.11. The van der Waals surface area contributed by atoms with Gasteiger partial charge in [0, 0.05) is 24.4 Å². The fourth-order valence-corrected chi connectivity index (χ4v) is 3.15. The van der Waals surface area contributed by atoms with Crippen LogP contribution in [0, 0.1) is 0 Å². The molecule has 0 radical (unpaired) electrons. The topological polar surface area (TPSA) is 52.6 Å². The highest BCUT2D eigenvalue weighted by molar-refractivity contribution is 8.00. The van der Waals surface area contributed by atoms with Crippen LogP contribution in [0.15, 0.2) is 12.7 Å². The Morgan fingerprint density at radius 2 is 2.47 bits per heavy atom. The summed E-state index contributed by atoms with van der Waals surface area (Å²) in [5, 5.41) is 11.8. The normalized spacial score (nSPS) is 23.4. The SMILES string of the molecule is C=CCN(CCO)C(=O)NCC1(C)CCCS1. The Balaban J connectivity index is 2.38. The molecule has 0 aromatic carbocycles. The first-order valence-electron chi connectivity index (χ1n) is 6.00. The minimum absolute atomic E-state index is 0.0206. The summed E-state index contributed by atoms with van der Waals surface area (Å²) in [5.41, 5.74) is 0. The Morgan fingerprint density at radius 3 is 3.00 bits per heavy atom. The molecule has 0 spiro atoms. The Labute approximate surface area is 107 Å². The van der Waals surface area contributed by atoms with Crippen LogP contribution in [0.3, 0.4) is 0 Å². The molecule has 1 atom stereocenters. The smallest absolute Gasteiger partial charge is 0.317 e. The summed E-state index contributed by atoms with van der Waals surface area (Å²) < 4.78 is 0.175. The lowest BCUT2D eigenvalue weighted by molar-refractivity contribution is 0.183. The lowest BCUT2D eigenvalue weighted by atomic mass is 10.1. The monoisotopic (exact) mass is 258 g/mol. The quantitative estimate of drug-likeness (QED) is 0.709. The predicted octanol–water partition coefficient (Wildman–Crippen LogP) is 1.46. The van der Waals surface area contributed by atoms with Gasteiger partial charge in [0.2, 0.25) is 0 Å². The molecule has 0 aromatic heterocycles. The van der Waals surface area contributed by atoms with Gasteiger partial charge in [-0.1, -0.05) is 6.08 Å². The lowest BCUT2D eigenvalue weighted by Crippen LogP contribution is -2.45. The number of hydrogen-bond acceptors (Lipinski definition) is 3. The van der Waals surface area contributed by atoms with Gasteiger partial charge in [-0.3, -0.25) is 0 Å². The summed E-state index contributed by atoms with van der Waals surface area (Å²) in [6.07, 6.45) is 4.05. The average Bonchev–Trinajstić information content (AvgIpc) is 2.73. The predicted molar refractivity (Wildman–Crippen MR) is 72.4 cm³/mol. The largest absolute Gasteiger partial charge is 0.395 e. The van der Waals surface area contributed by atoms with Gasteiger partial charge in [-0.05, 0) is 25.5 Å². The highest BCUT2D eigenvalue weighted by Crippen LogP contribution is 2.36.